The number of rotatable bonds is 2. The molecule has 5 nitrogen and oxygen atoms in total. The third-order valence-corrected chi connectivity index (χ3v) is 4.21. The highest BCUT2D eigenvalue weighted by Crippen LogP contribution is 2.25. The van der Waals surface area contributed by atoms with Crippen LogP contribution in [0.3, 0.4) is 0 Å². The van der Waals surface area contributed by atoms with Crippen LogP contribution in [0.15, 0.2) is 53.6 Å². The van der Waals surface area contributed by atoms with Gasteiger partial charge in [-0.2, -0.15) is 0 Å². The van der Waals surface area contributed by atoms with E-state index in [0.717, 1.165) is 19.3 Å². The van der Waals surface area contributed by atoms with Gasteiger partial charge in [-0.1, -0.05) is 12.1 Å². The quantitative estimate of drug-likeness (QED) is 0.791. The number of hydrogen-bond acceptors (Lipinski definition) is 3. The fourth-order valence-corrected chi connectivity index (χ4v) is 3.03. The first kappa shape index (κ1) is 13.7. The summed E-state index contributed by atoms with van der Waals surface area (Å²) in [5, 5.41) is 2.80. The zero-order chi connectivity index (χ0) is 15.8. The van der Waals surface area contributed by atoms with E-state index in [-0.39, 0.29) is 11.1 Å². The van der Waals surface area contributed by atoms with Crippen molar-refractivity contribution < 1.29 is 4.79 Å². The van der Waals surface area contributed by atoms with Crippen molar-refractivity contribution in [3.05, 3.63) is 75.8 Å². The van der Waals surface area contributed by atoms with Crippen LogP contribution in [0.4, 0.5) is 5.69 Å². The van der Waals surface area contributed by atoms with Crippen LogP contribution >= 0.6 is 0 Å². The fraction of sp³-hybridized carbons (Fsp3) is 0.167. The molecule has 0 atom stereocenters. The lowest BCUT2D eigenvalue weighted by atomic mass is 10.1. The Morgan fingerprint density at radius 1 is 1.13 bits per heavy atom. The maximum absolute atomic E-state index is 12.4. The van der Waals surface area contributed by atoms with Crippen molar-refractivity contribution >= 4 is 17.2 Å². The van der Waals surface area contributed by atoms with Gasteiger partial charge in [-0.3, -0.25) is 14.0 Å². The molecule has 0 unspecified atom stereocenters. The Morgan fingerprint density at radius 3 is 2.91 bits per heavy atom. The Labute approximate surface area is 132 Å². The maximum Gasteiger partial charge on any atom is 0.270 e. The number of nitrogens with zero attached hydrogens (tertiary/aromatic N) is 2. The maximum atomic E-state index is 12.4. The Balaban J connectivity index is 1.67. The van der Waals surface area contributed by atoms with Crippen LogP contribution in [0.25, 0.3) is 5.65 Å². The molecular weight excluding hydrogens is 290 g/mol. The molecule has 5 heteroatoms. The second-order valence-corrected chi connectivity index (χ2v) is 5.70. The highest BCUT2D eigenvalue weighted by molar-refractivity contribution is 6.04. The Morgan fingerprint density at radius 2 is 2.00 bits per heavy atom. The average Bonchev–Trinajstić information content (AvgIpc) is 3.03. The van der Waals surface area contributed by atoms with Crippen molar-refractivity contribution in [3.8, 4) is 0 Å². The number of amides is 1. The summed E-state index contributed by atoms with van der Waals surface area (Å²) in [6.07, 6.45) is 6.23. The van der Waals surface area contributed by atoms with Crippen molar-refractivity contribution in [1.82, 2.24) is 9.38 Å². The molecule has 3 aromatic rings. The second-order valence-electron chi connectivity index (χ2n) is 5.70. The minimum Gasteiger partial charge on any atom is -0.322 e. The first-order valence-corrected chi connectivity index (χ1v) is 7.62. The summed E-state index contributed by atoms with van der Waals surface area (Å²) >= 11 is 0. The third kappa shape index (κ3) is 2.40. The van der Waals surface area contributed by atoms with Gasteiger partial charge < -0.3 is 5.32 Å². The highest BCUT2D eigenvalue weighted by atomic mass is 16.2. The van der Waals surface area contributed by atoms with Crippen LogP contribution in [0.5, 0.6) is 0 Å². The number of nitrogens with one attached hydrogen (secondary N) is 1. The van der Waals surface area contributed by atoms with Crippen LogP contribution in [-0.4, -0.2) is 15.3 Å². The first-order chi connectivity index (χ1) is 11.2. The number of benzene rings is 1. The number of carbonyl (C=O) groups is 1. The van der Waals surface area contributed by atoms with Gasteiger partial charge >= 0.3 is 0 Å². The number of pyridine rings is 1. The summed E-state index contributed by atoms with van der Waals surface area (Å²) in [7, 11) is 0. The average molecular weight is 305 g/mol. The molecule has 0 bridgehead atoms. The fourth-order valence-electron chi connectivity index (χ4n) is 3.03. The van der Waals surface area contributed by atoms with Gasteiger partial charge in [0.25, 0.3) is 11.5 Å². The zero-order valence-corrected chi connectivity index (χ0v) is 12.5. The lowest BCUT2D eigenvalue weighted by Crippen LogP contribution is -2.26. The highest BCUT2D eigenvalue weighted by Gasteiger charge is 2.15. The predicted molar refractivity (Wildman–Crippen MR) is 87.9 cm³/mol. The summed E-state index contributed by atoms with van der Waals surface area (Å²) in [4.78, 5) is 29.0. The number of anilines is 1. The van der Waals surface area contributed by atoms with Crippen molar-refractivity contribution in [2.45, 2.75) is 19.3 Å². The Kier molecular flexibility index (Phi) is 3.19. The Hall–Kier alpha value is -2.95. The van der Waals surface area contributed by atoms with Crippen molar-refractivity contribution in [2.75, 3.05) is 5.32 Å². The monoisotopic (exact) mass is 305 g/mol. The molecule has 23 heavy (non-hydrogen) atoms. The molecule has 2 heterocycles. The van der Waals surface area contributed by atoms with Crippen molar-refractivity contribution in [2.24, 2.45) is 0 Å². The van der Waals surface area contributed by atoms with Gasteiger partial charge in [-0.05, 0) is 54.7 Å². The molecule has 0 spiro atoms. The molecule has 2 aromatic heterocycles. The molecule has 0 saturated carbocycles. The molecule has 114 valence electrons. The molecule has 1 amide bonds. The standard InChI is InChI=1S/C18H15N3O2/c22-17(20-14-8-7-12-4-3-5-13(12)10-14)15-11-19-16-6-1-2-9-21(16)18(15)23/h1-2,6-11H,3-5H2,(H,20,22). The molecule has 1 aliphatic carbocycles. The van der Waals surface area contributed by atoms with E-state index >= 15 is 0 Å². The Bertz CT molecular complexity index is 975. The molecule has 0 fully saturated rings. The van der Waals surface area contributed by atoms with Gasteiger partial charge in [-0.25, -0.2) is 4.98 Å². The molecule has 0 saturated heterocycles. The number of carbonyl (C=O) groups excluding carboxylic acids is 1. The smallest absolute Gasteiger partial charge is 0.270 e. The topological polar surface area (TPSA) is 63.5 Å². The lowest BCUT2D eigenvalue weighted by molar-refractivity contribution is 0.102. The van der Waals surface area contributed by atoms with E-state index in [0.29, 0.717) is 11.3 Å². The van der Waals surface area contributed by atoms with Crippen molar-refractivity contribution in [1.29, 1.82) is 0 Å². The molecular formula is C18H15N3O2. The van der Waals surface area contributed by atoms with E-state index in [1.54, 1.807) is 24.4 Å². The van der Waals surface area contributed by atoms with Crippen LogP contribution in [0, 0.1) is 0 Å². The van der Waals surface area contributed by atoms with E-state index in [9.17, 15) is 9.59 Å². The summed E-state index contributed by atoms with van der Waals surface area (Å²) < 4.78 is 1.37. The van der Waals surface area contributed by atoms with Gasteiger partial charge in [-0.15, -0.1) is 0 Å². The number of aryl methyl sites for hydroxylation is 2. The first-order valence-electron chi connectivity index (χ1n) is 7.62. The van der Waals surface area contributed by atoms with Crippen LogP contribution in [0.2, 0.25) is 0 Å². The van der Waals surface area contributed by atoms with Gasteiger partial charge in [0.05, 0.1) is 0 Å². The minimum atomic E-state index is -0.432. The van der Waals surface area contributed by atoms with Crippen LogP contribution in [-0.2, 0) is 12.8 Å². The predicted octanol–water partition coefficient (Wildman–Crippen LogP) is 2.44. The number of hydrogen-bond donors (Lipinski definition) is 1. The second kappa shape index (κ2) is 5.35. The van der Waals surface area contributed by atoms with Gasteiger partial charge in [0.1, 0.15) is 11.2 Å². The molecule has 1 aliphatic rings. The van der Waals surface area contributed by atoms with Gasteiger partial charge in [0.15, 0.2) is 0 Å². The van der Waals surface area contributed by atoms with E-state index in [1.807, 2.05) is 18.2 Å². The van der Waals surface area contributed by atoms with E-state index in [4.69, 9.17) is 0 Å². The van der Waals surface area contributed by atoms with E-state index < -0.39 is 5.91 Å². The third-order valence-electron chi connectivity index (χ3n) is 4.21. The lowest BCUT2D eigenvalue weighted by Gasteiger charge is -2.08. The summed E-state index contributed by atoms with van der Waals surface area (Å²) in [5.41, 5.74) is 3.52. The minimum absolute atomic E-state index is 0.0363. The molecule has 0 radical (unpaired) electrons. The SMILES string of the molecule is O=C(Nc1ccc2c(c1)CCC2)c1cnc2ccccn2c1=O. The molecule has 1 N–H and O–H groups in total. The molecule has 1 aromatic carbocycles. The van der Waals surface area contributed by atoms with Gasteiger partial charge in [0.2, 0.25) is 0 Å². The molecule has 4 rings (SSSR count). The molecule has 0 aliphatic heterocycles. The normalized spacial score (nSPS) is 13.0. The zero-order valence-electron chi connectivity index (χ0n) is 12.5. The number of fused-ring (bicyclic) bond motifs is 2. The van der Waals surface area contributed by atoms with E-state index in [1.165, 1.54) is 21.7 Å². The summed E-state index contributed by atoms with van der Waals surface area (Å²) in [6.45, 7) is 0. The summed E-state index contributed by atoms with van der Waals surface area (Å²) in [5.74, 6) is -0.432. The van der Waals surface area contributed by atoms with Crippen LogP contribution in [0.1, 0.15) is 27.9 Å². The largest absolute Gasteiger partial charge is 0.322 e. The van der Waals surface area contributed by atoms with E-state index in [2.05, 4.69) is 10.3 Å². The van der Waals surface area contributed by atoms with Crippen LogP contribution < -0.4 is 10.9 Å². The number of aromatic nitrogens is 2. The van der Waals surface area contributed by atoms with Gasteiger partial charge in [0, 0.05) is 18.1 Å². The summed E-state index contributed by atoms with van der Waals surface area (Å²) in [6, 6.07) is 11.2. The van der Waals surface area contributed by atoms with Crippen molar-refractivity contribution in [3.63, 3.8) is 0 Å².